The molecular weight excluding hydrogens is 204 g/mol. The summed E-state index contributed by atoms with van der Waals surface area (Å²) < 4.78 is 26.0. The number of amides is 1. The molecule has 78 valence electrons. The molecule has 1 amide bonds. The van der Waals surface area contributed by atoms with Crippen LogP contribution >= 0.6 is 0 Å². The minimum atomic E-state index is -2.59. The zero-order valence-electron chi connectivity index (χ0n) is 7.52. The van der Waals surface area contributed by atoms with Crippen LogP contribution in [0.2, 0.25) is 0 Å². The maximum absolute atomic E-state index is 12.4. The maximum Gasteiger partial charge on any atom is 0.267 e. The molecule has 0 saturated heterocycles. The zero-order chi connectivity index (χ0) is 11.0. The van der Waals surface area contributed by atoms with Gasteiger partial charge < -0.3 is 5.73 Å². The monoisotopic (exact) mass is 211 g/mol. The summed E-state index contributed by atoms with van der Waals surface area (Å²) in [6.07, 6.45) is -0.169. The molecule has 2 rings (SSSR count). The SMILES string of the molecule is NC(=O)c1cnc2ccc(C(F)F)cn12. The Morgan fingerprint density at radius 3 is 2.80 bits per heavy atom. The van der Waals surface area contributed by atoms with E-state index in [2.05, 4.69) is 4.98 Å². The van der Waals surface area contributed by atoms with Crippen molar-refractivity contribution >= 4 is 11.6 Å². The fourth-order valence-corrected chi connectivity index (χ4v) is 1.31. The minimum Gasteiger partial charge on any atom is -0.364 e. The van der Waals surface area contributed by atoms with Crippen LogP contribution in [0, 0.1) is 0 Å². The van der Waals surface area contributed by atoms with E-state index >= 15 is 0 Å². The van der Waals surface area contributed by atoms with Crippen molar-refractivity contribution in [3.63, 3.8) is 0 Å². The topological polar surface area (TPSA) is 60.4 Å². The number of fused-ring (bicyclic) bond motifs is 1. The summed E-state index contributed by atoms with van der Waals surface area (Å²) in [6, 6.07) is 2.67. The van der Waals surface area contributed by atoms with Gasteiger partial charge in [-0.3, -0.25) is 9.20 Å². The normalized spacial score (nSPS) is 11.1. The molecule has 4 nitrogen and oxygen atoms in total. The number of carbonyl (C=O) groups is 1. The maximum atomic E-state index is 12.4. The van der Waals surface area contributed by atoms with Crippen LogP contribution in [0.25, 0.3) is 5.65 Å². The fourth-order valence-electron chi connectivity index (χ4n) is 1.31. The van der Waals surface area contributed by atoms with Crippen molar-refractivity contribution in [3.8, 4) is 0 Å². The first-order chi connectivity index (χ1) is 7.09. The summed E-state index contributed by atoms with van der Waals surface area (Å²) in [5, 5.41) is 0. The lowest BCUT2D eigenvalue weighted by atomic mass is 10.3. The Kier molecular flexibility index (Phi) is 2.11. The number of aromatic nitrogens is 2. The first-order valence-electron chi connectivity index (χ1n) is 4.14. The van der Waals surface area contributed by atoms with Gasteiger partial charge in [0.1, 0.15) is 11.3 Å². The lowest BCUT2D eigenvalue weighted by Crippen LogP contribution is -2.13. The Balaban J connectivity index is 2.66. The van der Waals surface area contributed by atoms with Gasteiger partial charge in [0, 0.05) is 11.8 Å². The molecule has 0 aliphatic heterocycles. The Bertz CT molecular complexity index is 521. The third kappa shape index (κ3) is 1.54. The quantitative estimate of drug-likeness (QED) is 0.815. The van der Waals surface area contributed by atoms with Crippen LogP contribution in [0.3, 0.4) is 0 Å². The lowest BCUT2D eigenvalue weighted by molar-refractivity contribution is 0.0994. The molecule has 15 heavy (non-hydrogen) atoms. The van der Waals surface area contributed by atoms with E-state index in [0.717, 1.165) is 6.20 Å². The van der Waals surface area contributed by atoms with E-state index in [0.29, 0.717) is 5.65 Å². The van der Waals surface area contributed by atoms with Gasteiger partial charge in [0.2, 0.25) is 0 Å². The van der Waals surface area contributed by atoms with Crippen molar-refractivity contribution in [1.29, 1.82) is 0 Å². The third-order valence-corrected chi connectivity index (χ3v) is 2.03. The highest BCUT2D eigenvalue weighted by Crippen LogP contribution is 2.19. The Morgan fingerprint density at radius 2 is 2.20 bits per heavy atom. The van der Waals surface area contributed by atoms with E-state index in [4.69, 9.17) is 5.73 Å². The standard InChI is InChI=1S/C9H7F2N3O/c10-8(11)5-1-2-7-13-3-6(9(12)15)14(7)4-5/h1-4,8H,(H2,12,15). The fraction of sp³-hybridized carbons (Fsp3) is 0.111. The molecule has 0 saturated carbocycles. The second-order valence-corrected chi connectivity index (χ2v) is 3.00. The molecule has 0 aliphatic carbocycles. The summed E-state index contributed by atoms with van der Waals surface area (Å²) >= 11 is 0. The van der Waals surface area contributed by atoms with Gasteiger partial charge >= 0.3 is 0 Å². The van der Waals surface area contributed by atoms with Crippen molar-refractivity contribution < 1.29 is 13.6 Å². The number of hydrogen-bond donors (Lipinski definition) is 1. The van der Waals surface area contributed by atoms with Crippen molar-refractivity contribution in [2.24, 2.45) is 5.73 Å². The Labute approximate surface area is 83.3 Å². The van der Waals surface area contributed by atoms with E-state index in [1.807, 2.05) is 0 Å². The van der Waals surface area contributed by atoms with Gasteiger partial charge in [-0.2, -0.15) is 0 Å². The molecule has 0 aliphatic rings. The van der Waals surface area contributed by atoms with E-state index in [1.165, 1.54) is 22.7 Å². The van der Waals surface area contributed by atoms with Gasteiger partial charge in [0.15, 0.2) is 0 Å². The Hall–Kier alpha value is -1.98. The predicted octanol–water partition coefficient (Wildman–Crippen LogP) is 1.37. The molecule has 0 atom stereocenters. The first-order valence-corrected chi connectivity index (χ1v) is 4.14. The van der Waals surface area contributed by atoms with Crippen molar-refractivity contribution in [2.75, 3.05) is 0 Å². The van der Waals surface area contributed by atoms with Gasteiger partial charge in [-0.25, -0.2) is 13.8 Å². The zero-order valence-corrected chi connectivity index (χ0v) is 7.52. The van der Waals surface area contributed by atoms with Gasteiger partial charge in [-0.1, -0.05) is 0 Å². The Morgan fingerprint density at radius 1 is 1.47 bits per heavy atom. The molecule has 0 aromatic carbocycles. The summed E-state index contributed by atoms with van der Waals surface area (Å²) in [7, 11) is 0. The van der Waals surface area contributed by atoms with Crippen LogP contribution in [-0.4, -0.2) is 15.3 Å². The second kappa shape index (κ2) is 3.30. The number of alkyl halides is 2. The molecule has 0 radical (unpaired) electrons. The summed E-state index contributed by atoms with van der Waals surface area (Å²) in [6.45, 7) is 0. The van der Waals surface area contributed by atoms with E-state index in [-0.39, 0.29) is 11.3 Å². The van der Waals surface area contributed by atoms with Crippen molar-refractivity contribution in [1.82, 2.24) is 9.38 Å². The number of nitrogens with zero attached hydrogens (tertiary/aromatic N) is 2. The largest absolute Gasteiger partial charge is 0.364 e. The predicted molar refractivity (Wildman–Crippen MR) is 48.7 cm³/mol. The summed E-state index contributed by atoms with van der Waals surface area (Å²) in [5.74, 6) is -0.700. The van der Waals surface area contributed by atoms with Gasteiger partial charge in [-0.05, 0) is 12.1 Å². The van der Waals surface area contributed by atoms with Crippen LogP contribution in [0.5, 0.6) is 0 Å². The average molecular weight is 211 g/mol. The third-order valence-electron chi connectivity index (χ3n) is 2.03. The number of pyridine rings is 1. The smallest absolute Gasteiger partial charge is 0.267 e. The van der Waals surface area contributed by atoms with E-state index in [9.17, 15) is 13.6 Å². The van der Waals surface area contributed by atoms with E-state index in [1.54, 1.807) is 0 Å². The molecule has 2 aromatic heterocycles. The average Bonchev–Trinajstić information content (AvgIpc) is 2.59. The number of nitrogens with two attached hydrogens (primary N) is 1. The lowest BCUT2D eigenvalue weighted by Gasteiger charge is -2.02. The number of carbonyl (C=O) groups excluding carboxylic acids is 1. The molecule has 2 N–H and O–H groups in total. The van der Waals surface area contributed by atoms with Crippen LogP contribution in [0.4, 0.5) is 8.78 Å². The second-order valence-electron chi connectivity index (χ2n) is 3.00. The summed E-state index contributed by atoms with van der Waals surface area (Å²) in [5.41, 5.74) is 5.39. The first kappa shape index (κ1) is 9.57. The van der Waals surface area contributed by atoms with Crippen molar-refractivity contribution in [2.45, 2.75) is 6.43 Å². The molecule has 0 spiro atoms. The molecule has 6 heteroatoms. The molecule has 2 aromatic rings. The van der Waals surface area contributed by atoms with E-state index < -0.39 is 12.3 Å². The molecule has 0 fully saturated rings. The molecular formula is C9H7F2N3O. The van der Waals surface area contributed by atoms with Crippen LogP contribution < -0.4 is 5.73 Å². The van der Waals surface area contributed by atoms with Crippen LogP contribution in [-0.2, 0) is 0 Å². The molecule has 0 bridgehead atoms. The highest BCUT2D eigenvalue weighted by molar-refractivity contribution is 5.91. The van der Waals surface area contributed by atoms with Crippen LogP contribution in [0.1, 0.15) is 22.5 Å². The van der Waals surface area contributed by atoms with Gasteiger partial charge in [-0.15, -0.1) is 0 Å². The molecule has 2 heterocycles. The number of primary amides is 1. The van der Waals surface area contributed by atoms with Gasteiger partial charge in [0.05, 0.1) is 6.20 Å². The molecule has 0 unspecified atom stereocenters. The van der Waals surface area contributed by atoms with Crippen molar-refractivity contribution in [3.05, 3.63) is 35.8 Å². The highest BCUT2D eigenvalue weighted by Gasteiger charge is 2.12. The number of rotatable bonds is 2. The highest BCUT2D eigenvalue weighted by atomic mass is 19.3. The van der Waals surface area contributed by atoms with Gasteiger partial charge in [0.25, 0.3) is 12.3 Å². The van der Waals surface area contributed by atoms with Crippen LogP contribution in [0.15, 0.2) is 24.5 Å². The number of hydrogen-bond acceptors (Lipinski definition) is 2. The summed E-state index contributed by atoms with van der Waals surface area (Å²) in [4.78, 5) is 14.8. The number of imidazole rings is 1. The minimum absolute atomic E-state index is 0.0903. The number of halogens is 2.